The van der Waals surface area contributed by atoms with Crippen LogP contribution in [0.15, 0.2) is 36.5 Å². The molecule has 1 amide bonds. The zero-order valence-corrected chi connectivity index (χ0v) is 10.6. The molecule has 0 fully saturated rings. The predicted octanol–water partition coefficient (Wildman–Crippen LogP) is 2.59. The van der Waals surface area contributed by atoms with Gasteiger partial charge in [0, 0.05) is 24.0 Å². The topological polar surface area (TPSA) is 68.0 Å². The summed E-state index contributed by atoms with van der Waals surface area (Å²) in [5, 5.41) is 2.58. The molecule has 19 heavy (non-hydrogen) atoms. The number of nitrogens with two attached hydrogens (primary N) is 1. The molecule has 2 aromatic rings. The molecule has 0 aliphatic heterocycles. The Bertz CT molecular complexity index is 619. The summed E-state index contributed by atoms with van der Waals surface area (Å²) in [5.74, 6) is -0.948. The normalized spacial score (nSPS) is 10.3. The number of amides is 1. The van der Waals surface area contributed by atoms with E-state index in [1.807, 2.05) is 0 Å². The molecule has 0 bridgehead atoms. The number of hydrogen-bond donors (Lipinski definition) is 2. The van der Waals surface area contributed by atoms with Crippen LogP contribution in [0.3, 0.4) is 0 Å². The van der Waals surface area contributed by atoms with Crippen molar-refractivity contribution in [3.8, 4) is 0 Å². The molecule has 4 nitrogen and oxygen atoms in total. The van der Waals surface area contributed by atoms with E-state index in [-0.39, 0.29) is 17.5 Å². The van der Waals surface area contributed by atoms with Gasteiger partial charge in [-0.15, -0.1) is 0 Å². The van der Waals surface area contributed by atoms with E-state index in [1.54, 1.807) is 12.1 Å². The maximum absolute atomic E-state index is 13.2. The highest BCUT2D eigenvalue weighted by molar-refractivity contribution is 6.30. The summed E-state index contributed by atoms with van der Waals surface area (Å²) in [4.78, 5) is 15.9. The molecule has 0 aliphatic carbocycles. The van der Waals surface area contributed by atoms with Crippen molar-refractivity contribution in [2.75, 3.05) is 5.32 Å². The van der Waals surface area contributed by atoms with Crippen LogP contribution >= 0.6 is 11.6 Å². The predicted molar refractivity (Wildman–Crippen MR) is 71.5 cm³/mol. The quantitative estimate of drug-likeness (QED) is 0.907. The van der Waals surface area contributed by atoms with Gasteiger partial charge < -0.3 is 11.1 Å². The van der Waals surface area contributed by atoms with Gasteiger partial charge >= 0.3 is 0 Å². The van der Waals surface area contributed by atoms with Gasteiger partial charge in [0.05, 0.1) is 10.7 Å². The number of anilines is 1. The minimum Gasteiger partial charge on any atom is -0.325 e. The first-order chi connectivity index (χ1) is 9.10. The van der Waals surface area contributed by atoms with Gasteiger partial charge in [-0.05, 0) is 30.3 Å². The number of hydrogen-bond acceptors (Lipinski definition) is 3. The summed E-state index contributed by atoms with van der Waals surface area (Å²) in [7, 11) is 0. The maximum atomic E-state index is 13.2. The van der Waals surface area contributed by atoms with Crippen LogP contribution in [0, 0.1) is 5.82 Å². The van der Waals surface area contributed by atoms with Crippen LogP contribution in [0.5, 0.6) is 0 Å². The van der Waals surface area contributed by atoms with E-state index in [1.165, 1.54) is 18.3 Å². The Hall–Kier alpha value is -1.98. The summed E-state index contributed by atoms with van der Waals surface area (Å²) in [6, 6.07) is 7.20. The number of halogens is 2. The Kier molecular flexibility index (Phi) is 4.09. The van der Waals surface area contributed by atoms with Gasteiger partial charge in [-0.3, -0.25) is 9.78 Å². The van der Waals surface area contributed by atoms with Crippen molar-refractivity contribution in [3.05, 3.63) is 58.6 Å². The van der Waals surface area contributed by atoms with E-state index < -0.39 is 5.82 Å². The fourth-order valence-electron chi connectivity index (χ4n) is 1.51. The molecular formula is C13H11ClFN3O. The van der Waals surface area contributed by atoms with E-state index in [0.717, 1.165) is 6.07 Å². The van der Waals surface area contributed by atoms with Crippen molar-refractivity contribution in [1.82, 2.24) is 4.98 Å². The molecule has 0 spiro atoms. The summed E-state index contributed by atoms with van der Waals surface area (Å²) < 4.78 is 13.2. The number of rotatable bonds is 3. The van der Waals surface area contributed by atoms with Crippen LogP contribution in [-0.4, -0.2) is 10.9 Å². The molecule has 0 aliphatic rings. The highest BCUT2D eigenvalue weighted by atomic mass is 35.5. The van der Waals surface area contributed by atoms with Crippen molar-refractivity contribution in [2.24, 2.45) is 5.73 Å². The average Bonchev–Trinajstić information content (AvgIpc) is 2.43. The summed E-state index contributed by atoms with van der Waals surface area (Å²) in [6.45, 7) is 0.247. The molecule has 0 atom stereocenters. The number of nitrogens with one attached hydrogen (secondary N) is 1. The number of carbonyl (C=O) groups excluding carboxylic acids is 1. The molecule has 1 heterocycles. The van der Waals surface area contributed by atoms with Crippen LogP contribution in [0.4, 0.5) is 10.1 Å². The smallest absolute Gasteiger partial charge is 0.255 e. The number of aromatic nitrogens is 1. The van der Waals surface area contributed by atoms with Gasteiger partial charge in [0.2, 0.25) is 0 Å². The van der Waals surface area contributed by atoms with Gasteiger partial charge in [-0.1, -0.05) is 11.6 Å². The molecule has 0 saturated carbocycles. The fourth-order valence-corrected chi connectivity index (χ4v) is 1.63. The lowest BCUT2D eigenvalue weighted by atomic mass is 10.2. The molecular weight excluding hydrogens is 269 g/mol. The first-order valence-electron chi connectivity index (χ1n) is 5.51. The van der Waals surface area contributed by atoms with Gasteiger partial charge in [0.1, 0.15) is 5.82 Å². The van der Waals surface area contributed by atoms with Crippen LogP contribution in [-0.2, 0) is 6.54 Å². The Balaban J connectivity index is 2.18. The van der Waals surface area contributed by atoms with Gasteiger partial charge in [-0.2, -0.15) is 0 Å². The third-order valence-electron chi connectivity index (χ3n) is 2.47. The highest BCUT2D eigenvalue weighted by Crippen LogP contribution is 2.19. The van der Waals surface area contributed by atoms with Crippen molar-refractivity contribution in [1.29, 1.82) is 0 Å². The van der Waals surface area contributed by atoms with Crippen molar-refractivity contribution in [3.63, 3.8) is 0 Å². The van der Waals surface area contributed by atoms with Crippen molar-refractivity contribution < 1.29 is 9.18 Å². The highest BCUT2D eigenvalue weighted by Gasteiger charge is 2.08. The Morgan fingerprint density at radius 2 is 2.16 bits per heavy atom. The third kappa shape index (κ3) is 3.27. The van der Waals surface area contributed by atoms with E-state index in [4.69, 9.17) is 17.3 Å². The summed E-state index contributed by atoms with van der Waals surface area (Å²) >= 11 is 5.56. The molecule has 98 valence electrons. The number of pyridine rings is 1. The second kappa shape index (κ2) is 5.77. The van der Waals surface area contributed by atoms with Crippen LogP contribution in [0.1, 0.15) is 16.1 Å². The van der Waals surface area contributed by atoms with Crippen molar-refractivity contribution in [2.45, 2.75) is 6.54 Å². The molecule has 0 unspecified atom stereocenters. The second-order valence-electron chi connectivity index (χ2n) is 3.82. The fraction of sp³-hybridized carbons (Fsp3) is 0.0769. The largest absolute Gasteiger partial charge is 0.325 e. The second-order valence-corrected chi connectivity index (χ2v) is 4.23. The van der Waals surface area contributed by atoms with Crippen LogP contribution < -0.4 is 11.1 Å². The summed E-state index contributed by atoms with van der Waals surface area (Å²) in [5.41, 5.74) is 6.80. The minimum absolute atomic E-state index is 0.00679. The zero-order valence-electron chi connectivity index (χ0n) is 9.86. The standard InChI is InChI=1S/C13H11ClFN3O/c14-11-2-1-9(6-12(11)15)18-13(19)8-3-4-17-10(5-8)7-16/h1-6H,7,16H2,(H,18,19). The van der Waals surface area contributed by atoms with E-state index in [2.05, 4.69) is 10.3 Å². The van der Waals surface area contributed by atoms with E-state index in [0.29, 0.717) is 16.9 Å². The molecule has 0 saturated heterocycles. The SMILES string of the molecule is NCc1cc(C(=O)Nc2ccc(Cl)c(F)c2)ccn1. The lowest BCUT2D eigenvalue weighted by Gasteiger charge is -2.06. The first kappa shape index (κ1) is 13.5. The summed E-state index contributed by atoms with van der Waals surface area (Å²) in [6.07, 6.45) is 1.50. The van der Waals surface area contributed by atoms with Crippen molar-refractivity contribution >= 4 is 23.2 Å². The Morgan fingerprint density at radius 1 is 1.37 bits per heavy atom. The van der Waals surface area contributed by atoms with Gasteiger partial charge in [-0.25, -0.2) is 4.39 Å². The maximum Gasteiger partial charge on any atom is 0.255 e. The number of nitrogens with zero attached hydrogens (tertiary/aromatic N) is 1. The monoisotopic (exact) mass is 279 g/mol. The molecule has 0 radical (unpaired) electrons. The number of benzene rings is 1. The van der Waals surface area contributed by atoms with Gasteiger partial charge in [0.15, 0.2) is 0 Å². The minimum atomic E-state index is -0.586. The average molecular weight is 280 g/mol. The van der Waals surface area contributed by atoms with E-state index in [9.17, 15) is 9.18 Å². The van der Waals surface area contributed by atoms with E-state index >= 15 is 0 Å². The third-order valence-corrected chi connectivity index (χ3v) is 2.77. The first-order valence-corrected chi connectivity index (χ1v) is 5.89. The molecule has 2 rings (SSSR count). The lowest BCUT2D eigenvalue weighted by molar-refractivity contribution is 0.102. The molecule has 1 aromatic carbocycles. The van der Waals surface area contributed by atoms with Gasteiger partial charge in [0.25, 0.3) is 5.91 Å². The molecule has 3 N–H and O–H groups in total. The number of carbonyl (C=O) groups is 1. The lowest BCUT2D eigenvalue weighted by Crippen LogP contribution is -2.13. The molecule has 6 heteroatoms. The van der Waals surface area contributed by atoms with Crippen LogP contribution in [0.25, 0.3) is 0 Å². The Labute approximate surface area is 114 Å². The van der Waals surface area contributed by atoms with Crippen LogP contribution in [0.2, 0.25) is 5.02 Å². The zero-order chi connectivity index (χ0) is 13.8. The Morgan fingerprint density at radius 3 is 2.84 bits per heavy atom. The molecule has 1 aromatic heterocycles.